The molecule has 1 aliphatic rings. The Morgan fingerprint density at radius 2 is 1.85 bits per heavy atom. The lowest BCUT2D eigenvalue weighted by Gasteiger charge is -2.11. The Morgan fingerprint density at radius 1 is 1.12 bits per heavy atom. The fourth-order valence-electron chi connectivity index (χ4n) is 2.74. The number of thioether (sulfide) groups is 1. The van der Waals surface area contributed by atoms with Crippen molar-refractivity contribution in [1.29, 1.82) is 5.41 Å². The number of nitrogens with zero attached hydrogens (tertiary/aromatic N) is 2. The number of hydrogen-bond acceptors (Lipinski definition) is 5. The van der Waals surface area contributed by atoms with Crippen LogP contribution in [0.25, 0.3) is 0 Å². The van der Waals surface area contributed by atoms with Gasteiger partial charge in [0.05, 0.1) is 0 Å². The number of halogens is 1. The fraction of sp³-hybridized carbons (Fsp3) is 0.105. The third-order valence-electron chi connectivity index (χ3n) is 4.00. The molecule has 1 saturated heterocycles. The minimum Gasteiger partial charge on any atom is -0.278 e. The number of rotatable bonds is 4. The van der Waals surface area contributed by atoms with Gasteiger partial charge in [0.15, 0.2) is 10.3 Å². The minimum absolute atomic E-state index is 0.145. The predicted molar refractivity (Wildman–Crippen MR) is 103 cm³/mol. The number of anilines is 1. The van der Waals surface area contributed by atoms with E-state index in [1.165, 1.54) is 40.1 Å². The molecule has 1 atom stereocenters. The van der Waals surface area contributed by atoms with Crippen LogP contribution in [0.5, 0.6) is 0 Å². The van der Waals surface area contributed by atoms with Crippen molar-refractivity contribution in [1.82, 2.24) is 4.98 Å². The maximum absolute atomic E-state index is 13.0. The Kier molecular flexibility index (Phi) is 4.57. The Morgan fingerprint density at radius 3 is 2.58 bits per heavy atom. The first-order valence-corrected chi connectivity index (χ1v) is 9.65. The first-order valence-electron chi connectivity index (χ1n) is 7.95. The molecular formula is C19H14FN3OS2. The molecule has 0 saturated carbocycles. The molecule has 1 aliphatic heterocycles. The summed E-state index contributed by atoms with van der Waals surface area (Å²) in [7, 11) is 0. The van der Waals surface area contributed by atoms with Crippen LogP contribution in [0.2, 0.25) is 0 Å². The quantitative estimate of drug-likeness (QED) is 0.715. The van der Waals surface area contributed by atoms with E-state index in [9.17, 15) is 9.18 Å². The molecule has 130 valence electrons. The largest absolute Gasteiger partial charge is 0.278 e. The molecule has 0 bridgehead atoms. The molecule has 0 spiro atoms. The van der Waals surface area contributed by atoms with E-state index in [0.717, 1.165) is 16.0 Å². The van der Waals surface area contributed by atoms with Crippen molar-refractivity contribution < 1.29 is 9.18 Å². The van der Waals surface area contributed by atoms with Crippen LogP contribution in [-0.2, 0) is 11.2 Å². The van der Waals surface area contributed by atoms with Gasteiger partial charge in [-0.1, -0.05) is 54.2 Å². The summed E-state index contributed by atoms with van der Waals surface area (Å²) < 4.78 is 13.0. The smallest absolute Gasteiger partial charge is 0.253 e. The molecule has 1 fully saturated rings. The van der Waals surface area contributed by atoms with Crippen molar-refractivity contribution in [3.63, 3.8) is 0 Å². The number of carbonyl (C=O) groups is 1. The van der Waals surface area contributed by atoms with Crippen LogP contribution >= 0.6 is 23.1 Å². The van der Waals surface area contributed by atoms with Gasteiger partial charge in [0.2, 0.25) is 0 Å². The Bertz CT molecular complexity index is 956. The normalized spacial score (nSPS) is 17.1. The second-order valence-electron chi connectivity index (χ2n) is 5.80. The average Bonchev–Trinajstić information content (AvgIpc) is 3.21. The van der Waals surface area contributed by atoms with E-state index < -0.39 is 5.25 Å². The van der Waals surface area contributed by atoms with Gasteiger partial charge in [-0.25, -0.2) is 14.3 Å². The molecule has 1 N–H and O–H groups in total. The summed E-state index contributed by atoms with van der Waals surface area (Å²) in [6.07, 6.45) is 2.33. The number of benzene rings is 2. The number of aromatic nitrogens is 1. The summed E-state index contributed by atoms with van der Waals surface area (Å²) in [6.45, 7) is 0. The number of carbonyl (C=O) groups excluding carboxylic acids is 1. The molecule has 26 heavy (non-hydrogen) atoms. The summed E-state index contributed by atoms with van der Waals surface area (Å²) >= 11 is 2.61. The maximum Gasteiger partial charge on any atom is 0.253 e. The first-order chi connectivity index (χ1) is 12.6. The molecule has 1 unspecified atom stereocenters. The van der Waals surface area contributed by atoms with Crippen LogP contribution in [0.15, 0.2) is 60.8 Å². The topological polar surface area (TPSA) is 57.1 Å². The Hall–Kier alpha value is -2.51. The first kappa shape index (κ1) is 16.9. The van der Waals surface area contributed by atoms with E-state index in [1.807, 2.05) is 30.3 Å². The Labute approximate surface area is 158 Å². The molecular weight excluding hydrogens is 369 g/mol. The van der Waals surface area contributed by atoms with Crippen molar-refractivity contribution in [2.75, 3.05) is 4.90 Å². The van der Waals surface area contributed by atoms with Gasteiger partial charge in [-0.05, 0) is 23.3 Å². The monoisotopic (exact) mass is 383 g/mol. The molecule has 4 nitrogen and oxygen atoms in total. The third kappa shape index (κ3) is 3.27. The lowest BCUT2D eigenvalue weighted by molar-refractivity contribution is -0.117. The molecule has 0 radical (unpaired) electrons. The van der Waals surface area contributed by atoms with Gasteiger partial charge in [-0.2, -0.15) is 0 Å². The Balaban J connectivity index is 1.54. The van der Waals surface area contributed by atoms with Gasteiger partial charge in [0.1, 0.15) is 11.1 Å². The number of thiazole rings is 1. The van der Waals surface area contributed by atoms with Crippen molar-refractivity contribution in [3.8, 4) is 0 Å². The summed E-state index contributed by atoms with van der Waals surface area (Å²) in [6, 6.07) is 15.8. The molecule has 1 amide bonds. The average molecular weight is 383 g/mol. The van der Waals surface area contributed by atoms with E-state index in [0.29, 0.717) is 11.6 Å². The summed E-state index contributed by atoms with van der Waals surface area (Å²) in [5.41, 5.74) is 1.86. The van der Waals surface area contributed by atoms with Crippen molar-refractivity contribution in [2.45, 2.75) is 11.7 Å². The highest BCUT2D eigenvalue weighted by Gasteiger charge is 2.40. The minimum atomic E-state index is -0.409. The van der Waals surface area contributed by atoms with Gasteiger partial charge in [-0.3, -0.25) is 10.2 Å². The number of amides is 1. The molecule has 3 aromatic rings. The fourth-order valence-corrected chi connectivity index (χ4v) is 4.76. The van der Waals surface area contributed by atoms with Gasteiger partial charge >= 0.3 is 0 Å². The number of hydrogen-bond donors (Lipinski definition) is 1. The standard InChI is InChI=1S/C19H14FN3OS2/c20-14-8-6-12(7-9-14)10-15-11-22-19(25-15)23-17(24)16(26-18(23)21)13-4-2-1-3-5-13/h1-9,11,16,21H,10H2. The van der Waals surface area contributed by atoms with Crippen molar-refractivity contribution >= 4 is 39.3 Å². The van der Waals surface area contributed by atoms with Crippen LogP contribution in [0.4, 0.5) is 9.52 Å². The van der Waals surface area contributed by atoms with Crippen LogP contribution in [0.3, 0.4) is 0 Å². The lowest BCUT2D eigenvalue weighted by Crippen LogP contribution is -2.29. The highest BCUT2D eigenvalue weighted by atomic mass is 32.2. The zero-order chi connectivity index (χ0) is 18.1. The van der Waals surface area contributed by atoms with Gasteiger partial charge < -0.3 is 0 Å². The third-order valence-corrected chi connectivity index (χ3v) is 6.10. The molecule has 0 aliphatic carbocycles. The zero-order valence-electron chi connectivity index (χ0n) is 13.6. The highest BCUT2D eigenvalue weighted by molar-refractivity contribution is 8.15. The SMILES string of the molecule is N=C1SC(c2ccccc2)C(=O)N1c1ncc(Cc2ccc(F)cc2)s1. The van der Waals surface area contributed by atoms with Gasteiger partial charge in [0, 0.05) is 17.5 Å². The summed E-state index contributed by atoms with van der Waals surface area (Å²) in [5.74, 6) is -0.410. The van der Waals surface area contributed by atoms with Crippen molar-refractivity contribution in [2.24, 2.45) is 0 Å². The summed E-state index contributed by atoms with van der Waals surface area (Å²) in [5, 5.41) is 8.48. The van der Waals surface area contributed by atoms with E-state index >= 15 is 0 Å². The van der Waals surface area contributed by atoms with Crippen LogP contribution in [0, 0.1) is 11.2 Å². The second kappa shape index (κ2) is 7.01. The van der Waals surface area contributed by atoms with E-state index in [2.05, 4.69) is 4.98 Å². The predicted octanol–water partition coefficient (Wildman–Crippen LogP) is 4.63. The number of amidine groups is 1. The molecule has 7 heteroatoms. The van der Waals surface area contributed by atoms with Crippen LogP contribution < -0.4 is 4.90 Å². The highest BCUT2D eigenvalue weighted by Crippen LogP contribution is 2.42. The van der Waals surface area contributed by atoms with E-state index in [4.69, 9.17) is 5.41 Å². The second-order valence-corrected chi connectivity index (χ2v) is 7.99. The van der Waals surface area contributed by atoms with Gasteiger partial charge in [-0.15, -0.1) is 11.3 Å². The summed E-state index contributed by atoms with van der Waals surface area (Å²) in [4.78, 5) is 19.5. The van der Waals surface area contributed by atoms with E-state index in [-0.39, 0.29) is 16.9 Å². The molecule has 1 aromatic heterocycles. The number of nitrogens with one attached hydrogen (secondary N) is 1. The van der Waals surface area contributed by atoms with Gasteiger partial charge in [0.25, 0.3) is 5.91 Å². The van der Waals surface area contributed by atoms with Crippen molar-refractivity contribution in [3.05, 3.63) is 82.6 Å². The maximum atomic E-state index is 13.0. The molecule has 2 aromatic carbocycles. The molecule has 4 rings (SSSR count). The lowest BCUT2D eigenvalue weighted by atomic mass is 10.1. The zero-order valence-corrected chi connectivity index (χ0v) is 15.2. The molecule has 2 heterocycles. The van der Waals surface area contributed by atoms with Crippen LogP contribution in [-0.4, -0.2) is 16.1 Å². The van der Waals surface area contributed by atoms with E-state index in [1.54, 1.807) is 18.3 Å². The van der Waals surface area contributed by atoms with Crippen LogP contribution in [0.1, 0.15) is 21.3 Å².